The first-order chi connectivity index (χ1) is 22.0. The molecule has 3 amide bonds. The topological polar surface area (TPSA) is 156 Å². The van der Waals surface area contributed by atoms with Crippen molar-refractivity contribution in [2.75, 3.05) is 50.7 Å². The fraction of sp³-hybridized carbons (Fsp3) is 0.375. The molecule has 5 rings (SSSR count). The number of carbonyl (C=O) groups excluding carboxylic acids is 2. The lowest BCUT2D eigenvalue weighted by Gasteiger charge is -2.34. The molecule has 3 aromatic carbocycles. The molecule has 0 unspecified atom stereocenters. The van der Waals surface area contributed by atoms with Crippen molar-refractivity contribution in [2.24, 2.45) is 5.92 Å². The molecule has 46 heavy (non-hydrogen) atoms. The highest BCUT2D eigenvalue weighted by Crippen LogP contribution is 2.34. The highest BCUT2D eigenvalue weighted by molar-refractivity contribution is 7.92. The normalized spacial score (nSPS) is 18.3. The van der Waals surface area contributed by atoms with Crippen molar-refractivity contribution in [2.45, 2.75) is 37.3 Å². The third-order valence-electron chi connectivity index (χ3n) is 7.96. The molecule has 0 saturated heterocycles. The number of hydrogen-bond donors (Lipinski definition) is 3. The molecular formula is C32H38N4O9S. The number of sulfonamides is 1. The quantitative estimate of drug-likeness (QED) is 0.314. The van der Waals surface area contributed by atoms with E-state index >= 15 is 0 Å². The number of ether oxygens (including phenoxy) is 4. The molecule has 0 radical (unpaired) electrons. The number of benzene rings is 3. The van der Waals surface area contributed by atoms with E-state index in [0.29, 0.717) is 34.2 Å². The zero-order valence-electron chi connectivity index (χ0n) is 26.1. The van der Waals surface area contributed by atoms with Crippen LogP contribution in [0.3, 0.4) is 0 Å². The smallest absolute Gasteiger partial charge is 0.321 e. The average molecular weight is 655 g/mol. The Morgan fingerprint density at radius 1 is 1.07 bits per heavy atom. The standard InChI is InChI=1S/C32H38N4O9S/c1-20-16-36(21(2)18-37)31(38)14-22-13-24(34-46(40,41)26-9-7-25(42-4)8-10-26)6-11-27(22)45-30(20)17-35(3)32(39)33-23-5-12-28-29(15-23)44-19-43-28/h5-13,15,20-21,30,34,37H,14,16-19H2,1-4H3,(H,33,39)/t20-,21-,30+/m1/s1. The fourth-order valence-corrected chi connectivity index (χ4v) is 6.28. The van der Waals surface area contributed by atoms with Crippen molar-refractivity contribution in [3.63, 3.8) is 0 Å². The SMILES string of the molecule is COc1ccc(S(=O)(=O)Nc2ccc3c(c2)CC(=O)N([C@H](C)CO)C[C@@H](C)[C@H](CN(C)C(=O)Nc2ccc4c(c2)OCO4)O3)cc1. The average Bonchev–Trinajstić information content (AvgIpc) is 3.52. The maximum Gasteiger partial charge on any atom is 0.321 e. The first kappa shape index (κ1) is 32.7. The number of hydrogen-bond acceptors (Lipinski definition) is 9. The molecule has 0 spiro atoms. The minimum atomic E-state index is -3.95. The molecule has 0 saturated carbocycles. The van der Waals surface area contributed by atoms with Crippen LogP contribution >= 0.6 is 0 Å². The van der Waals surface area contributed by atoms with Gasteiger partial charge < -0.3 is 39.2 Å². The summed E-state index contributed by atoms with van der Waals surface area (Å²) >= 11 is 0. The Bertz CT molecular complexity index is 1680. The molecular weight excluding hydrogens is 616 g/mol. The van der Waals surface area contributed by atoms with Gasteiger partial charge in [0, 0.05) is 42.5 Å². The first-order valence-corrected chi connectivity index (χ1v) is 16.2. The van der Waals surface area contributed by atoms with Gasteiger partial charge in [-0.15, -0.1) is 0 Å². The molecule has 246 valence electrons. The van der Waals surface area contributed by atoms with Crippen LogP contribution in [0.4, 0.5) is 16.2 Å². The highest BCUT2D eigenvalue weighted by Gasteiger charge is 2.32. The van der Waals surface area contributed by atoms with E-state index in [1.165, 1.54) is 24.1 Å². The predicted octanol–water partition coefficient (Wildman–Crippen LogP) is 3.54. The van der Waals surface area contributed by atoms with Crippen LogP contribution in [0.25, 0.3) is 0 Å². The number of carbonyl (C=O) groups is 2. The maximum atomic E-state index is 13.5. The summed E-state index contributed by atoms with van der Waals surface area (Å²) < 4.78 is 51.1. The van der Waals surface area contributed by atoms with E-state index in [-0.39, 0.29) is 61.3 Å². The van der Waals surface area contributed by atoms with Gasteiger partial charge in [0.1, 0.15) is 17.6 Å². The number of anilines is 2. The van der Waals surface area contributed by atoms with Crippen molar-refractivity contribution in [3.8, 4) is 23.0 Å². The number of nitrogens with one attached hydrogen (secondary N) is 2. The van der Waals surface area contributed by atoms with Gasteiger partial charge in [-0.05, 0) is 61.5 Å². The number of likely N-dealkylation sites (N-methyl/N-ethyl adjacent to an activating group) is 1. The summed E-state index contributed by atoms with van der Waals surface area (Å²) in [5, 5.41) is 12.8. The number of amides is 3. The predicted molar refractivity (Wildman–Crippen MR) is 170 cm³/mol. The summed E-state index contributed by atoms with van der Waals surface area (Å²) in [5.41, 5.74) is 1.24. The van der Waals surface area contributed by atoms with Gasteiger partial charge in [-0.25, -0.2) is 13.2 Å². The summed E-state index contributed by atoms with van der Waals surface area (Å²) in [5.74, 6) is 1.55. The summed E-state index contributed by atoms with van der Waals surface area (Å²) in [7, 11) is -0.811. The minimum absolute atomic E-state index is 0.0445. The van der Waals surface area contributed by atoms with Crippen LogP contribution in [0.1, 0.15) is 19.4 Å². The van der Waals surface area contributed by atoms with Gasteiger partial charge in [-0.2, -0.15) is 0 Å². The van der Waals surface area contributed by atoms with E-state index in [0.717, 1.165) is 0 Å². The Morgan fingerprint density at radius 2 is 1.76 bits per heavy atom. The van der Waals surface area contributed by atoms with E-state index < -0.39 is 22.2 Å². The molecule has 2 heterocycles. The van der Waals surface area contributed by atoms with Gasteiger partial charge in [0.15, 0.2) is 11.5 Å². The van der Waals surface area contributed by atoms with E-state index in [2.05, 4.69) is 10.0 Å². The Kier molecular flexibility index (Phi) is 9.77. The monoisotopic (exact) mass is 654 g/mol. The van der Waals surface area contributed by atoms with Crippen LogP contribution in [0, 0.1) is 5.92 Å². The Balaban J connectivity index is 1.38. The lowest BCUT2D eigenvalue weighted by molar-refractivity contribution is -0.134. The van der Waals surface area contributed by atoms with Crippen LogP contribution in [0.15, 0.2) is 65.6 Å². The van der Waals surface area contributed by atoms with Gasteiger partial charge in [-0.3, -0.25) is 9.52 Å². The number of urea groups is 1. The van der Waals surface area contributed by atoms with E-state index in [1.54, 1.807) is 67.4 Å². The molecule has 0 aromatic heterocycles. The molecule has 3 aromatic rings. The van der Waals surface area contributed by atoms with Gasteiger partial charge >= 0.3 is 6.03 Å². The van der Waals surface area contributed by atoms with Crippen LogP contribution in [-0.2, 0) is 21.2 Å². The summed E-state index contributed by atoms with van der Waals surface area (Å²) in [6, 6.07) is 15.0. The van der Waals surface area contributed by atoms with Crippen LogP contribution in [-0.4, -0.2) is 88.1 Å². The second-order valence-electron chi connectivity index (χ2n) is 11.4. The molecule has 3 atom stereocenters. The molecule has 14 heteroatoms. The van der Waals surface area contributed by atoms with Crippen molar-refractivity contribution in [1.82, 2.24) is 9.80 Å². The lowest BCUT2D eigenvalue weighted by Crippen LogP contribution is -2.48. The third-order valence-corrected chi connectivity index (χ3v) is 9.36. The van der Waals surface area contributed by atoms with E-state index in [9.17, 15) is 23.1 Å². The van der Waals surface area contributed by atoms with Gasteiger partial charge in [0.05, 0.1) is 37.6 Å². The van der Waals surface area contributed by atoms with Crippen molar-refractivity contribution in [1.29, 1.82) is 0 Å². The Morgan fingerprint density at radius 3 is 2.48 bits per heavy atom. The number of fused-ring (bicyclic) bond motifs is 2. The van der Waals surface area contributed by atoms with Gasteiger partial charge in [0.25, 0.3) is 10.0 Å². The van der Waals surface area contributed by atoms with Gasteiger partial charge in [-0.1, -0.05) is 6.92 Å². The highest BCUT2D eigenvalue weighted by atomic mass is 32.2. The van der Waals surface area contributed by atoms with Gasteiger partial charge in [0.2, 0.25) is 12.7 Å². The summed E-state index contributed by atoms with van der Waals surface area (Å²) in [4.78, 5) is 29.8. The Hall–Kier alpha value is -4.69. The van der Waals surface area contributed by atoms with Crippen LogP contribution < -0.4 is 29.0 Å². The van der Waals surface area contributed by atoms with Crippen molar-refractivity contribution >= 4 is 33.3 Å². The number of nitrogens with zero attached hydrogens (tertiary/aromatic N) is 2. The second-order valence-corrected chi connectivity index (χ2v) is 13.1. The molecule has 0 bridgehead atoms. The summed E-state index contributed by atoms with van der Waals surface area (Å²) in [6.07, 6.45) is -0.648. The van der Waals surface area contributed by atoms with Crippen molar-refractivity contribution < 1.29 is 42.1 Å². The molecule has 0 fully saturated rings. The maximum absolute atomic E-state index is 13.5. The molecule has 2 aliphatic rings. The number of aliphatic hydroxyl groups is 1. The molecule has 2 aliphatic heterocycles. The molecule has 3 N–H and O–H groups in total. The lowest BCUT2D eigenvalue weighted by atomic mass is 10.0. The van der Waals surface area contributed by atoms with Crippen LogP contribution in [0.2, 0.25) is 0 Å². The minimum Gasteiger partial charge on any atom is -0.497 e. The van der Waals surface area contributed by atoms with Crippen LogP contribution in [0.5, 0.6) is 23.0 Å². The second kappa shape index (κ2) is 13.7. The zero-order chi connectivity index (χ0) is 33.0. The summed E-state index contributed by atoms with van der Waals surface area (Å²) in [6.45, 7) is 3.99. The van der Waals surface area contributed by atoms with E-state index in [1.807, 2.05) is 6.92 Å². The number of rotatable bonds is 9. The Labute approximate surface area is 268 Å². The van der Waals surface area contributed by atoms with E-state index in [4.69, 9.17) is 18.9 Å². The number of methoxy groups -OCH3 is 1. The van der Waals surface area contributed by atoms with Crippen molar-refractivity contribution in [3.05, 3.63) is 66.2 Å². The third kappa shape index (κ3) is 7.40. The largest absolute Gasteiger partial charge is 0.497 e. The molecule has 13 nitrogen and oxygen atoms in total. The first-order valence-electron chi connectivity index (χ1n) is 14.8. The molecule has 0 aliphatic carbocycles. The fourth-order valence-electron chi connectivity index (χ4n) is 5.23. The zero-order valence-corrected chi connectivity index (χ0v) is 26.9. The number of aliphatic hydroxyl groups excluding tert-OH is 1.